The van der Waals surface area contributed by atoms with E-state index in [4.69, 9.17) is 0 Å². The quantitative estimate of drug-likeness (QED) is 0.579. The van der Waals surface area contributed by atoms with Crippen molar-refractivity contribution in [2.24, 2.45) is 0 Å². The van der Waals surface area contributed by atoms with Crippen molar-refractivity contribution >= 4 is 23.2 Å². The van der Waals surface area contributed by atoms with Crippen LogP contribution in [0.25, 0.3) is 0 Å². The van der Waals surface area contributed by atoms with E-state index < -0.39 is 5.56 Å². The highest BCUT2D eigenvalue weighted by Gasteiger charge is 2.32. The molecule has 0 N–H and O–H groups in total. The molecule has 3 heterocycles. The summed E-state index contributed by atoms with van der Waals surface area (Å²) in [6.45, 7) is 3.90. The molecule has 0 bridgehead atoms. The number of amides is 2. The number of hydrogen-bond acceptors (Lipinski definition) is 5. The Morgan fingerprint density at radius 1 is 0.971 bits per heavy atom. The first-order valence-electron chi connectivity index (χ1n) is 11.7. The summed E-state index contributed by atoms with van der Waals surface area (Å²) in [5.74, 6) is -0.816. The van der Waals surface area contributed by atoms with Crippen molar-refractivity contribution in [3.63, 3.8) is 0 Å². The van der Waals surface area contributed by atoms with E-state index >= 15 is 0 Å². The summed E-state index contributed by atoms with van der Waals surface area (Å²) in [7, 11) is 0. The normalized spacial score (nSPS) is 17.4. The Morgan fingerprint density at radius 2 is 1.69 bits per heavy atom. The number of piperazine rings is 1. The third kappa shape index (κ3) is 4.53. The summed E-state index contributed by atoms with van der Waals surface area (Å²) in [6, 6.07) is 16.7. The zero-order chi connectivity index (χ0) is 24.5. The Morgan fingerprint density at radius 3 is 2.43 bits per heavy atom. The maximum Gasteiger partial charge on any atom is 0.278 e. The van der Waals surface area contributed by atoms with Crippen molar-refractivity contribution in [3.8, 4) is 0 Å². The fraction of sp³-hybridized carbons (Fsp3) is 0.308. The van der Waals surface area contributed by atoms with Gasteiger partial charge in [0.2, 0.25) is 5.91 Å². The standard InChI is InChI=1S/C26H26FN5O3/c1-18-16-19-4-2-3-5-23(19)32(18)26(35)22-10-11-24(33)31(28-22)17-25(34)30-14-12-29(13-15-30)21-8-6-20(27)7-9-21/h2-11,18H,12-17H2,1H3/t18-/m1/s1. The molecule has 1 aromatic heterocycles. The molecule has 5 rings (SSSR count). The van der Waals surface area contributed by atoms with E-state index in [1.165, 1.54) is 24.3 Å². The van der Waals surface area contributed by atoms with Crippen molar-refractivity contribution < 1.29 is 14.0 Å². The number of carbonyl (C=O) groups is 2. The van der Waals surface area contributed by atoms with Crippen molar-refractivity contribution in [2.75, 3.05) is 36.0 Å². The van der Waals surface area contributed by atoms with E-state index in [0.717, 1.165) is 28.0 Å². The molecule has 0 unspecified atom stereocenters. The molecule has 0 radical (unpaired) electrons. The lowest BCUT2D eigenvalue weighted by Gasteiger charge is -2.36. The number of halogens is 1. The van der Waals surface area contributed by atoms with Gasteiger partial charge in [0.1, 0.15) is 18.1 Å². The summed E-state index contributed by atoms with van der Waals surface area (Å²) >= 11 is 0. The van der Waals surface area contributed by atoms with E-state index in [9.17, 15) is 18.8 Å². The Hall–Kier alpha value is -4.01. The number of carbonyl (C=O) groups excluding carboxylic acids is 2. The highest BCUT2D eigenvalue weighted by Crippen LogP contribution is 2.32. The van der Waals surface area contributed by atoms with Crippen LogP contribution in [-0.2, 0) is 17.8 Å². The molecule has 2 aromatic carbocycles. The van der Waals surface area contributed by atoms with Gasteiger partial charge < -0.3 is 14.7 Å². The third-order valence-electron chi connectivity index (χ3n) is 6.62. The molecule has 1 fully saturated rings. The maximum atomic E-state index is 13.3. The van der Waals surface area contributed by atoms with Gasteiger partial charge in [-0.25, -0.2) is 9.07 Å². The van der Waals surface area contributed by atoms with Crippen molar-refractivity contribution in [2.45, 2.75) is 25.9 Å². The van der Waals surface area contributed by atoms with Gasteiger partial charge in [-0.15, -0.1) is 0 Å². The zero-order valence-electron chi connectivity index (χ0n) is 19.4. The van der Waals surface area contributed by atoms with Gasteiger partial charge in [0.05, 0.1) is 0 Å². The first kappa shape index (κ1) is 22.8. The molecule has 2 amide bonds. The summed E-state index contributed by atoms with van der Waals surface area (Å²) in [5.41, 5.74) is 2.54. The molecule has 180 valence electrons. The number of aromatic nitrogens is 2. The zero-order valence-corrected chi connectivity index (χ0v) is 19.4. The van der Waals surface area contributed by atoms with E-state index in [1.807, 2.05) is 31.2 Å². The number of nitrogens with zero attached hydrogens (tertiary/aromatic N) is 5. The van der Waals surface area contributed by atoms with Crippen molar-refractivity contribution in [1.29, 1.82) is 0 Å². The predicted octanol–water partition coefficient (Wildman–Crippen LogP) is 2.32. The Kier molecular flexibility index (Phi) is 6.07. The molecule has 0 saturated carbocycles. The van der Waals surface area contributed by atoms with Crippen LogP contribution in [0.4, 0.5) is 15.8 Å². The van der Waals surface area contributed by atoms with Crippen LogP contribution in [0.5, 0.6) is 0 Å². The van der Waals surface area contributed by atoms with Gasteiger partial charge in [0.15, 0.2) is 0 Å². The van der Waals surface area contributed by atoms with Crippen LogP contribution in [0.1, 0.15) is 23.0 Å². The minimum absolute atomic E-state index is 0.0267. The second-order valence-electron chi connectivity index (χ2n) is 8.92. The van der Waals surface area contributed by atoms with Crippen molar-refractivity contribution in [1.82, 2.24) is 14.7 Å². The van der Waals surface area contributed by atoms with Gasteiger partial charge in [0, 0.05) is 49.7 Å². The van der Waals surface area contributed by atoms with E-state index in [2.05, 4.69) is 10.00 Å². The van der Waals surface area contributed by atoms with E-state index in [-0.39, 0.29) is 35.9 Å². The van der Waals surface area contributed by atoms with Crippen LogP contribution in [0.2, 0.25) is 0 Å². The highest BCUT2D eigenvalue weighted by molar-refractivity contribution is 6.06. The second kappa shape index (κ2) is 9.32. The van der Waals surface area contributed by atoms with Crippen LogP contribution in [0.3, 0.4) is 0 Å². The Bertz CT molecular complexity index is 1320. The summed E-state index contributed by atoms with van der Waals surface area (Å²) in [5, 5.41) is 4.25. The Balaban J connectivity index is 1.27. The van der Waals surface area contributed by atoms with Gasteiger partial charge >= 0.3 is 0 Å². The monoisotopic (exact) mass is 475 g/mol. The minimum atomic E-state index is -0.435. The van der Waals surface area contributed by atoms with E-state index in [0.29, 0.717) is 26.2 Å². The fourth-order valence-electron chi connectivity index (χ4n) is 4.77. The number of rotatable bonds is 4. The van der Waals surface area contributed by atoms with Crippen LogP contribution in [-0.4, -0.2) is 58.7 Å². The van der Waals surface area contributed by atoms with Gasteiger partial charge in [-0.3, -0.25) is 14.4 Å². The number of anilines is 2. The number of fused-ring (bicyclic) bond motifs is 1. The lowest BCUT2D eigenvalue weighted by molar-refractivity contribution is -0.132. The first-order chi connectivity index (χ1) is 16.9. The largest absolute Gasteiger partial charge is 0.368 e. The van der Waals surface area contributed by atoms with Gasteiger partial charge in [0.25, 0.3) is 11.5 Å². The summed E-state index contributed by atoms with van der Waals surface area (Å²) in [4.78, 5) is 44.1. The maximum absolute atomic E-state index is 13.3. The number of para-hydroxylation sites is 1. The lowest BCUT2D eigenvalue weighted by atomic mass is 10.1. The van der Waals surface area contributed by atoms with Crippen molar-refractivity contribution in [3.05, 3.63) is 88.1 Å². The van der Waals surface area contributed by atoms with Crippen LogP contribution < -0.4 is 15.4 Å². The fourth-order valence-corrected chi connectivity index (χ4v) is 4.77. The van der Waals surface area contributed by atoms with E-state index in [1.54, 1.807) is 21.9 Å². The molecule has 1 atom stereocenters. The summed E-state index contributed by atoms with van der Waals surface area (Å²) < 4.78 is 14.2. The third-order valence-corrected chi connectivity index (χ3v) is 6.62. The molecule has 1 saturated heterocycles. The smallest absolute Gasteiger partial charge is 0.278 e. The molecule has 3 aromatic rings. The molecule has 35 heavy (non-hydrogen) atoms. The Labute approximate surface area is 202 Å². The minimum Gasteiger partial charge on any atom is -0.368 e. The first-order valence-corrected chi connectivity index (χ1v) is 11.7. The molecular weight excluding hydrogens is 449 g/mol. The molecular formula is C26H26FN5O3. The summed E-state index contributed by atoms with van der Waals surface area (Å²) in [6.07, 6.45) is 0.754. The molecule has 8 nitrogen and oxygen atoms in total. The van der Waals surface area contributed by atoms with Crippen LogP contribution in [0, 0.1) is 5.82 Å². The highest BCUT2D eigenvalue weighted by atomic mass is 19.1. The average molecular weight is 476 g/mol. The van der Waals surface area contributed by atoms with Gasteiger partial charge in [-0.1, -0.05) is 18.2 Å². The predicted molar refractivity (Wildman–Crippen MR) is 130 cm³/mol. The SMILES string of the molecule is C[C@@H]1Cc2ccccc2N1C(=O)c1ccc(=O)n(CC(=O)N2CCN(c3ccc(F)cc3)CC2)n1. The molecule has 0 spiro atoms. The topological polar surface area (TPSA) is 78.8 Å². The van der Waals surface area contributed by atoms with Crippen LogP contribution >= 0.6 is 0 Å². The molecule has 9 heteroatoms. The second-order valence-corrected chi connectivity index (χ2v) is 8.92. The number of benzene rings is 2. The molecule has 0 aliphatic carbocycles. The average Bonchev–Trinajstić information content (AvgIpc) is 3.21. The lowest BCUT2D eigenvalue weighted by Crippen LogP contribution is -2.50. The van der Waals surface area contributed by atoms with Gasteiger partial charge in [-0.2, -0.15) is 5.10 Å². The van der Waals surface area contributed by atoms with Gasteiger partial charge in [-0.05, 0) is 55.3 Å². The van der Waals surface area contributed by atoms with Crippen LogP contribution in [0.15, 0.2) is 65.5 Å². The molecule has 2 aliphatic heterocycles. The number of hydrogen-bond donors (Lipinski definition) is 0. The molecule has 2 aliphatic rings.